The summed E-state index contributed by atoms with van der Waals surface area (Å²) in [6, 6.07) is 0.460. The summed E-state index contributed by atoms with van der Waals surface area (Å²) in [4.78, 5) is 2.33. The van der Waals surface area contributed by atoms with Crippen LogP contribution in [0.3, 0.4) is 0 Å². The van der Waals surface area contributed by atoms with Crippen molar-refractivity contribution in [2.75, 3.05) is 19.9 Å². The average Bonchev–Trinajstić information content (AvgIpc) is 2.47. The topological polar surface area (TPSA) is 12.5 Å². The Morgan fingerprint density at radius 1 is 1.73 bits per heavy atom. The Morgan fingerprint density at radius 2 is 2.55 bits per heavy atom. The summed E-state index contributed by atoms with van der Waals surface area (Å²) < 4.78 is 5.31. The minimum Gasteiger partial charge on any atom is -0.364 e. The van der Waals surface area contributed by atoms with Gasteiger partial charge in [0.2, 0.25) is 0 Å². The van der Waals surface area contributed by atoms with Crippen molar-refractivity contribution in [3.05, 3.63) is 12.7 Å². The van der Waals surface area contributed by atoms with E-state index in [1.54, 1.807) is 0 Å². The molecule has 1 saturated heterocycles. The van der Waals surface area contributed by atoms with E-state index in [4.69, 9.17) is 4.74 Å². The maximum absolute atomic E-state index is 5.31. The molecule has 0 amide bonds. The number of hydrogen-bond acceptors (Lipinski definition) is 2. The van der Waals surface area contributed by atoms with Crippen molar-refractivity contribution in [3.63, 3.8) is 0 Å². The Labute approximate surface area is 68.8 Å². The summed E-state index contributed by atoms with van der Waals surface area (Å²) >= 11 is 0. The Balaban J connectivity index is 2.25. The monoisotopic (exact) mass is 155 g/mol. The summed E-state index contributed by atoms with van der Waals surface area (Å²) in [5.41, 5.74) is 0. The van der Waals surface area contributed by atoms with E-state index in [1.165, 1.54) is 12.8 Å². The largest absolute Gasteiger partial charge is 0.364 e. The van der Waals surface area contributed by atoms with Crippen LogP contribution in [0.4, 0.5) is 0 Å². The predicted octanol–water partition coefficient (Wildman–Crippen LogP) is 1.63. The molecule has 11 heavy (non-hydrogen) atoms. The molecule has 1 rings (SSSR count). The lowest BCUT2D eigenvalue weighted by molar-refractivity contribution is 0.138. The fourth-order valence-corrected chi connectivity index (χ4v) is 1.30. The van der Waals surface area contributed by atoms with E-state index in [-0.39, 0.29) is 0 Å². The number of rotatable bonds is 4. The van der Waals surface area contributed by atoms with Gasteiger partial charge in [0.25, 0.3) is 0 Å². The van der Waals surface area contributed by atoms with E-state index in [1.807, 2.05) is 6.08 Å². The summed E-state index contributed by atoms with van der Waals surface area (Å²) in [6.07, 6.45) is 4.48. The van der Waals surface area contributed by atoms with Crippen LogP contribution in [-0.4, -0.2) is 30.8 Å². The molecule has 1 atom stereocenters. The molecule has 2 heteroatoms. The third-order valence-electron chi connectivity index (χ3n) is 2.09. The number of hydrogen-bond donors (Lipinski definition) is 0. The molecule has 0 aromatic rings. The number of unbranched alkanes of at least 4 members (excludes halogenated alkanes) is 1. The quantitative estimate of drug-likeness (QED) is 0.572. The van der Waals surface area contributed by atoms with Crippen molar-refractivity contribution >= 4 is 0 Å². The van der Waals surface area contributed by atoms with Gasteiger partial charge in [-0.05, 0) is 6.42 Å². The number of ether oxygens (including phenoxy) is 1. The van der Waals surface area contributed by atoms with Crippen LogP contribution in [0.2, 0.25) is 0 Å². The maximum atomic E-state index is 5.31. The van der Waals surface area contributed by atoms with Gasteiger partial charge in [0, 0.05) is 6.54 Å². The molecule has 1 unspecified atom stereocenters. The van der Waals surface area contributed by atoms with Crippen molar-refractivity contribution in [2.24, 2.45) is 0 Å². The standard InChI is InChI=1S/C9H17NO/c1-3-5-6-10-8-11-7-9(10)4-2/h4,9H,2-3,5-8H2,1H3. The van der Waals surface area contributed by atoms with Crippen LogP contribution in [0.1, 0.15) is 19.8 Å². The molecule has 0 spiro atoms. The molecule has 0 bridgehead atoms. The first-order valence-corrected chi connectivity index (χ1v) is 4.32. The van der Waals surface area contributed by atoms with Gasteiger partial charge in [0.05, 0.1) is 19.4 Å². The van der Waals surface area contributed by atoms with Gasteiger partial charge in [-0.3, -0.25) is 4.90 Å². The van der Waals surface area contributed by atoms with Gasteiger partial charge in [0.1, 0.15) is 0 Å². The molecule has 0 N–H and O–H groups in total. The highest BCUT2D eigenvalue weighted by Crippen LogP contribution is 2.10. The number of nitrogens with zero attached hydrogens (tertiary/aromatic N) is 1. The molecule has 0 aromatic heterocycles. The van der Waals surface area contributed by atoms with Crippen LogP contribution in [0.5, 0.6) is 0 Å². The highest BCUT2D eigenvalue weighted by molar-refractivity contribution is 4.89. The summed E-state index contributed by atoms with van der Waals surface area (Å²) in [5.74, 6) is 0. The van der Waals surface area contributed by atoms with Crippen LogP contribution in [0.25, 0.3) is 0 Å². The first-order valence-electron chi connectivity index (χ1n) is 4.32. The average molecular weight is 155 g/mol. The van der Waals surface area contributed by atoms with Crippen molar-refractivity contribution in [1.82, 2.24) is 4.90 Å². The maximum Gasteiger partial charge on any atom is 0.0996 e. The zero-order valence-electron chi connectivity index (χ0n) is 7.25. The molecule has 1 heterocycles. The minimum absolute atomic E-state index is 0.460. The lowest BCUT2D eigenvalue weighted by atomic mass is 10.2. The van der Waals surface area contributed by atoms with Crippen LogP contribution < -0.4 is 0 Å². The van der Waals surface area contributed by atoms with E-state index in [2.05, 4.69) is 18.4 Å². The molecule has 1 aliphatic heterocycles. The Morgan fingerprint density at radius 3 is 3.18 bits per heavy atom. The van der Waals surface area contributed by atoms with Gasteiger partial charge in [-0.1, -0.05) is 19.4 Å². The van der Waals surface area contributed by atoms with Crippen molar-refractivity contribution in [2.45, 2.75) is 25.8 Å². The van der Waals surface area contributed by atoms with Crippen LogP contribution in [0, 0.1) is 0 Å². The van der Waals surface area contributed by atoms with Gasteiger partial charge in [-0.2, -0.15) is 0 Å². The molecule has 0 saturated carbocycles. The van der Waals surface area contributed by atoms with Gasteiger partial charge >= 0.3 is 0 Å². The zero-order chi connectivity index (χ0) is 8.10. The van der Waals surface area contributed by atoms with Gasteiger partial charge in [-0.15, -0.1) is 6.58 Å². The first kappa shape index (κ1) is 8.75. The highest BCUT2D eigenvalue weighted by atomic mass is 16.5. The molecule has 1 fully saturated rings. The fourth-order valence-electron chi connectivity index (χ4n) is 1.30. The second kappa shape index (κ2) is 4.52. The lowest BCUT2D eigenvalue weighted by Crippen LogP contribution is -2.29. The lowest BCUT2D eigenvalue weighted by Gasteiger charge is -2.18. The molecule has 0 aliphatic carbocycles. The van der Waals surface area contributed by atoms with Gasteiger partial charge in [0.15, 0.2) is 0 Å². The Bertz CT molecular complexity index is 125. The summed E-state index contributed by atoms with van der Waals surface area (Å²) in [7, 11) is 0. The molecule has 2 nitrogen and oxygen atoms in total. The van der Waals surface area contributed by atoms with Crippen molar-refractivity contribution in [3.8, 4) is 0 Å². The SMILES string of the molecule is C=CC1COCN1CCCC. The molecular formula is C9H17NO. The molecule has 64 valence electrons. The van der Waals surface area contributed by atoms with Crippen LogP contribution in [-0.2, 0) is 4.74 Å². The second-order valence-corrected chi connectivity index (χ2v) is 2.97. The van der Waals surface area contributed by atoms with E-state index < -0.39 is 0 Å². The third kappa shape index (κ3) is 2.31. The first-order chi connectivity index (χ1) is 5.38. The normalized spacial score (nSPS) is 25.7. The summed E-state index contributed by atoms with van der Waals surface area (Å²) in [6.45, 7) is 8.75. The van der Waals surface area contributed by atoms with Gasteiger partial charge < -0.3 is 4.74 Å². The van der Waals surface area contributed by atoms with E-state index in [0.717, 1.165) is 19.9 Å². The van der Waals surface area contributed by atoms with E-state index >= 15 is 0 Å². The molecule has 0 aromatic carbocycles. The smallest absolute Gasteiger partial charge is 0.0996 e. The highest BCUT2D eigenvalue weighted by Gasteiger charge is 2.20. The minimum atomic E-state index is 0.460. The predicted molar refractivity (Wildman–Crippen MR) is 46.4 cm³/mol. The third-order valence-corrected chi connectivity index (χ3v) is 2.09. The van der Waals surface area contributed by atoms with Crippen LogP contribution >= 0.6 is 0 Å². The Hall–Kier alpha value is -0.340. The van der Waals surface area contributed by atoms with E-state index in [9.17, 15) is 0 Å². The summed E-state index contributed by atoms with van der Waals surface area (Å²) in [5, 5.41) is 0. The van der Waals surface area contributed by atoms with Gasteiger partial charge in [-0.25, -0.2) is 0 Å². The molecule has 1 aliphatic rings. The molecule has 0 radical (unpaired) electrons. The second-order valence-electron chi connectivity index (χ2n) is 2.97. The fraction of sp³-hybridized carbons (Fsp3) is 0.778. The van der Waals surface area contributed by atoms with Crippen molar-refractivity contribution in [1.29, 1.82) is 0 Å². The molecular weight excluding hydrogens is 138 g/mol. The zero-order valence-corrected chi connectivity index (χ0v) is 7.25. The van der Waals surface area contributed by atoms with Crippen LogP contribution in [0.15, 0.2) is 12.7 Å². The Kier molecular flexibility index (Phi) is 3.60. The van der Waals surface area contributed by atoms with E-state index in [0.29, 0.717) is 6.04 Å². The van der Waals surface area contributed by atoms with Crippen molar-refractivity contribution < 1.29 is 4.74 Å².